The van der Waals surface area contributed by atoms with Crippen LogP contribution >= 0.6 is 30.9 Å². The first kappa shape index (κ1) is 13.4. The largest absolute Gasteiger partial charge is 0.344 e. The second-order valence-electron chi connectivity index (χ2n) is 3.02. The molecule has 0 aromatic rings. The van der Waals surface area contributed by atoms with Gasteiger partial charge in [-0.25, -0.2) is 9.76 Å². The summed E-state index contributed by atoms with van der Waals surface area (Å²) >= 11 is 11.2. The number of nitrogens with one attached hydrogen (secondary N) is 1. The molecule has 1 N–H and O–H groups in total. The van der Waals surface area contributed by atoms with E-state index < -0.39 is 13.7 Å². The molecule has 0 spiro atoms. The van der Waals surface area contributed by atoms with Gasteiger partial charge in [0.2, 0.25) is 0 Å². The average Bonchev–Trinajstić information content (AvgIpc) is 2.61. The monoisotopic (exact) mass is 274 g/mol. The van der Waals surface area contributed by atoms with Crippen molar-refractivity contribution in [1.82, 2.24) is 9.76 Å². The fourth-order valence-corrected chi connectivity index (χ4v) is 3.96. The van der Waals surface area contributed by atoms with E-state index in [1.165, 1.54) is 0 Å². The van der Waals surface area contributed by atoms with E-state index in [-0.39, 0.29) is 6.61 Å². The van der Waals surface area contributed by atoms with Crippen molar-refractivity contribution in [1.29, 1.82) is 0 Å². The maximum absolute atomic E-state index is 12.2. The first-order valence-electron chi connectivity index (χ1n) is 4.51. The van der Waals surface area contributed by atoms with Gasteiger partial charge in [0.15, 0.2) is 0 Å². The molecule has 1 heterocycles. The van der Waals surface area contributed by atoms with Gasteiger partial charge in [-0.3, -0.25) is 4.57 Å². The molecule has 1 saturated heterocycles. The number of hydrogen-bond donors (Lipinski definition) is 1. The highest BCUT2D eigenvalue weighted by Crippen LogP contribution is 2.50. The molecule has 8 heteroatoms. The normalized spacial score (nSPS) is 31.0. The van der Waals surface area contributed by atoms with E-state index in [4.69, 9.17) is 27.7 Å². The zero-order valence-electron chi connectivity index (χ0n) is 8.07. The van der Waals surface area contributed by atoms with Crippen LogP contribution in [0, 0.1) is 0 Å². The van der Waals surface area contributed by atoms with Crippen molar-refractivity contribution in [3.05, 3.63) is 0 Å². The van der Waals surface area contributed by atoms with Crippen molar-refractivity contribution >= 4 is 37.2 Å². The van der Waals surface area contributed by atoms with E-state index >= 15 is 0 Å². The van der Waals surface area contributed by atoms with Crippen LogP contribution in [0.2, 0.25) is 0 Å². The Labute approximate surface area is 98.6 Å². The summed E-state index contributed by atoms with van der Waals surface area (Å²) in [6, 6.07) is -0.510. The van der Waals surface area contributed by atoms with E-state index in [0.717, 1.165) is 0 Å². The lowest BCUT2D eigenvalue weighted by atomic mass is 10.4. The number of alkyl halides is 2. The first-order valence-corrected chi connectivity index (χ1v) is 7.16. The molecule has 0 aliphatic carbocycles. The molecule has 0 radical (unpaired) electrons. The van der Waals surface area contributed by atoms with Gasteiger partial charge in [-0.2, -0.15) is 0 Å². The number of hydrogen-bond acceptors (Lipinski definition) is 3. The van der Waals surface area contributed by atoms with Gasteiger partial charge in [-0.1, -0.05) is 0 Å². The summed E-state index contributed by atoms with van der Waals surface area (Å²) in [4.78, 5) is 10.5. The lowest BCUT2D eigenvalue weighted by Gasteiger charge is -2.25. The first-order chi connectivity index (χ1) is 7.16. The lowest BCUT2D eigenvalue weighted by Crippen LogP contribution is -2.32. The summed E-state index contributed by atoms with van der Waals surface area (Å²) < 4.78 is 18.9. The standard InChI is InChI=1S/C7H13Cl2N2O3P/c8-1-3-11(4-2-9)15(13)10-7(5-12)6-14-15/h5,7H,1-4,6H2,(H,10,13). The number of halogens is 2. The molecule has 88 valence electrons. The Morgan fingerprint density at radius 2 is 2.07 bits per heavy atom. The van der Waals surface area contributed by atoms with Crippen LogP contribution < -0.4 is 5.09 Å². The van der Waals surface area contributed by atoms with E-state index in [0.29, 0.717) is 31.1 Å². The van der Waals surface area contributed by atoms with E-state index in [1.54, 1.807) is 4.67 Å². The molecule has 0 bridgehead atoms. The number of aldehydes is 1. The maximum Gasteiger partial charge on any atom is 0.344 e. The highest BCUT2D eigenvalue weighted by atomic mass is 35.5. The molecule has 0 aromatic carbocycles. The molecule has 1 rings (SSSR count). The zero-order chi connectivity index (χ0) is 11.3. The molecule has 0 saturated carbocycles. The number of rotatable bonds is 6. The van der Waals surface area contributed by atoms with Crippen LogP contribution in [-0.4, -0.2) is 48.5 Å². The fourth-order valence-electron chi connectivity index (χ4n) is 1.27. The topological polar surface area (TPSA) is 58.6 Å². The van der Waals surface area contributed by atoms with E-state index in [9.17, 15) is 9.36 Å². The van der Waals surface area contributed by atoms with Crippen molar-refractivity contribution in [2.45, 2.75) is 6.04 Å². The second kappa shape index (κ2) is 6.18. The van der Waals surface area contributed by atoms with Gasteiger partial charge >= 0.3 is 7.67 Å². The van der Waals surface area contributed by atoms with Crippen LogP contribution in [0.5, 0.6) is 0 Å². The van der Waals surface area contributed by atoms with Crippen molar-refractivity contribution in [2.75, 3.05) is 31.5 Å². The number of carbonyl (C=O) groups is 1. The Balaban J connectivity index is 2.65. The minimum Gasteiger partial charge on any atom is -0.304 e. The van der Waals surface area contributed by atoms with Gasteiger partial charge in [0, 0.05) is 24.8 Å². The highest BCUT2D eigenvalue weighted by molar-refractivity contribution is 7.54. The van der Waals surface area contributed by atoms with Crippen molar-refractivity contribution in [2.24, 2.45) is 0 Å². The van der Waals surface area contributed by atoms with Gasteiger partial charge in [0.25, 0.3) is 0 Å². The number of nitrogens with zero attached hydrogens (tertiary/aromatic N) is 1. The summed E-state index contributed by atoms with van der Waals surface area (Å²) in [7, 11) is -3.10. The molecule has 1 aliphatic heterocycles. The summed E-state index contributed by atoms with van der Waals surface area (Å²) in [5.41, 5.74) is 0. The van der Waals surface area contributed by atoms with Crippen LogP contribution in [-0.2, 0) is 13.9 Å². The summed E-state index contributed by atoms with van der Waals surface area (Å²) in [5, 5.41) is 2.66. The predicted octanol–water partition coefficient (Wildman–Crippen LogP) is 1.06. The predicted molar refractivity (Wildman–Crippen MR) is 59.6 cm³/mol. The van der Waals surface area contributed by atoms with Crippen molar-refractivity contribution in [3.8, 4) is 0 Å². The van der Waals surface area contributed by atoms with E-state index in [1.807, 2.05) is 0 Å². The maximum atomic E-state index is 12.2. The fraction of sp³-hybridized carbons (Fsp3) is 0.857. The number of carbonyl (C=O) groups excluding carboxylic acids is 1. The molecule has 2 unspecified atom stereocenters. The van der Waals surface area contributed by atoms with Crippen LogP contribution in [0.4, 0.5) is 0 Å². The molecule has 1 aliphatic rings. The Kier molecular flexibility index (Phi) is 5.53. The summed E-state index contributed by atoms with van der Waals surface area (Å²) in [6.07, 6.45) is 0.680. The van der Waals surface area contributed by atoms with Crippen LogP contribution in [0.3, 0.4) is 0 Å². The quantitative estimate of drug-likeness (QED) is 0.446. The van der Waals surface area contributed by atoms with Gasteiger partial charge in [0.05, 0.1) is 12.6 Å². The summed E-state index contributed by atoms with van der Waals surface area (Å²) in [5.74, 6) is 0.662. The van der Waals surface area contributed by atoms with Gasteiger partial charge in [-0.15, -0.1) is 23.2 Å². The minimum absolute atomic E-state index is 0.127. The third-order valence-electron chi connectivity index (χ3n) is 1.98. The third kappa shape index (κ3) is 3.41. The molecule has 15 heavy (non-hydrogen) atoms. The van der Waals surface area contributed by atoms with Crippen LogP contribution in [0.25, 0.3) is 0 Å². The zero-order valence-corrected chi connectivity index (χ0v) is 10.5. The van der Waals surface area contributed by atoms with Gasteiger partial charge in [0.1, 0.15) is 6.29 Å². The summed E-state index contributed by atoms with van der Waals surface area (Å²) in [6.45, 7) is 0.941. The van der Waals surface area contributed by atoms with E-state index in [2.05, 4.69) is 5.09 Å². The Morgan fingerprint density at radius 1 is 1.47 bits per heavy atom. The molecule has 2 atom stereocenters. The van der Waals surface area contributed by atoms with Crippen molar-refractivity contribution in [3.63, 3.8) is 0 Å². The minimum atomic E-state index is -3.10. The molecular formula is C7H13Cl2N2O3P. The van der Waals surface area contributed by atoms with Crippen LogP contribution in [0.1, 0.15) is 0 Å². The van der Waals surface area contributed by atoms with Crippen LogP contribution in [0.15, 0.2) is 0 Å². The lowest BCUT2D eigenvalue weighted by molar-refractivity contribution is -0.109. The molecule has 1 fully saturated rings. The molecular weight excluding hydrogens is 262 g/mol. The third-order valence-corrected chi connectivity index (χ3v) is 4.62. The second-order valence-corrected chi connectivity index (χ2v) is 5.90. The Hall–Kier alpha value is 0.360. The molecule has 5 nitrogen and oxygen atoms in total. The molecule has 0 amide bonds. The smallest absolute Gasteiger partial charge is 0.304 e. The Morgan fingerprint density at radius 3 is 2.47 bits per heavy atom. The SMILES string of the molecule is O=CC1COP(=O)(N(CCCl)CCCl)N1. The Bertz CT molecular complexity index is 261. The highest BCUT2D eigenvalue weighted by Gasteiger charge is 2.39. The van der Waals surface area contributed by atoms with Crippen molar-refractivity contribution < 1.29 is 13.9 Å². The van der Waals surface area contributed by atoms with Gasteiger partial charge < -0.3 is 9.32 Å². The average molecular weight is 275 g/mol. The molecule has 0 aromatic heterocycles. The van der Waals surface area contributed by atoms with Gasteiger partial charge in [-0.05, 0) is 0 Å².